The number of nitrogens with one attached hydrogen (secondary N) is 2. The molecule has 0 saturated carbocycles. The highest BCUT2D eigenvalue weighted by Crippen LogP contribution is 2.41. The molecule has 2 aromatic heterocycles. The molecule has 1 aromatic carbocycles. The number of aromatic amines is 1. The van der Waals surface area contributed by atoms with Crippen molar-refractivity contribution in [3.63, 3.8) is 0 Å². The number of pyridine rings is 1. The van der Waals surface area contributed by atoms with E-state index in [1.54, 1.807) is 0 Å². The highest BCUT2D eigenvalue weighted by Gasteiger charge is 2.41. The van der Waals surface area contributed by atoms with E-state index in [1.807, 2.05) is 24.4 Å². The average molecular weight is 420 g/mol. The quantitative estimate of drug-likeness (QED) is 0.629. The minimum Gasteiger partial charge on any atom is -0.378 e. The number of rotatable bonds is 4. The van der Waals surface area contributed by atoms with Crippen LogP contribution in [0.3, 0.4) is 0 Å². The van der Waals surface area contributed by atoms with Gasteiger partial charge in [0.25, 0.3) is 0 Å². The minimum atomic E-state index is -0.0318. The number of anilines is 2. The normalized spacial score (nSPS) is 21.7. The zero-order valence-electron chi connectivity index (χ0n) is 16.9. The van der Waals surface area contributed by atoms with Crippen LogP contribution in [0.2, 0.25) is 0 Å². The molecule has 2 atom stereocenters. The van der Waals surface area contributed by atoms with E-state index in [1.165, 1.54) is 5.69 Å². The Morgan fingerprint density at radius 2 is 1.77 bits per heavy atom. The van der Waals surface area contributed by atoms with Crippen molar-refractivity contribution in [3.8, 4) is 0 Å². The van der Waals surface area contributed by atoms with E-state index in [-0.39, 0.29) is 12.1 Å². The zero-order chi connectivity index (χ0) is 20.5. The molecule has 2 aliphatic rings. The summed E-state index contributed by atoms with van der Waals surface area (Å²) in [6.07, 6.45) is 1.83. The molecule has 30 heavy (non-hydrogen) atoms. The van der Waals surface area contributed by atoms with Crippen LogP contribution in [-0.2, 0) is 4.74 Å². The maximum absolute atomic E-state index is 5.79. The second kappa shape index (κ2) is 8.08. The molecular formula is C23H25N5OS. The predicted octanol–water partition coefficient (Wildman–Crippen LogP) is 3.73. The fourth-order valence-electron chi connectivity index (χ4n) is 4.29. The Bertz CT molecular complexity index is 1010. The summed E-state index contributed by atoms with van der Waals surface area (Å²) in [5.74, 6) is 0. The molecule has 5 rings (SSSR count). The number of benzene rings is 1. The molecule has 0 spiro atoms. The number of hydrogen-bond acceptors (Lipinski definition) is 4. The fourth-order valence-corrected chi connectivity index (χ4v) is 4.64. The molecule has 0 unspecified atom stereocenters. The summed E-state index contributed by atoms with van der Waals surface area (Å²) in [7, 11) is 0. The van der Waals surface area contributed by atoms with Gasteiger partial charge in [0, 0.05) is 42.0 Å². The molecular weight excluding hydrogens is 394 g/mol. The van der Waals surface area contributed by atoms with Crippen LogP contribution in [0.1, 0.15) is 29.2 Å². The van der Waals surface area contributed by atoms with Gasteiger partial charge in [0.15, 0.2) is 5.11 Å². The van der Waals surface area contributed by atoms with Crippen LogP contribution in [0.25, 0.3) is 0 Å². The van der Waals surface area contributed by atoms with E-state index < -0.39 is 0 Å². The van der Waals surface area contributed by atoms with Gasteiger partial charge >= 0.3 is 0 Å². The van der Waals surface area contributed by atoms with Gasteiger partial charge in [-0.1, -0.05) is 6.07 Å². The number of H-pyrrole nitrogens is 1. The monoisotopic (exact) mass is 419 g/mol. The molecule has 6 nitrogen and oxygen atoms in total. The van der Waals surface area contributed by atoms with Crippen molar-refractivity contribution in [2.45, 2.75) is 19.0 Å². The van der Waals surface area contributed by atoms with Crippen molar-refractivity contribution in [1.29, 1.82) is 0 Å². The van der Waals surface area contributed by atoms with Gasteiger partial charge in [-0.25, -0.2) is 0 Å². The molecule has 2 fully saturated rings. The summed E-state index contributed by atoms with van der Waals surface area (Å²) in [5.41, 5.74) is 5.51. The number of morpholine rings is 1. The molecule has 0 aliphatic carbocycles. The van der Waals surface area contributed by atoms with Gasteiger partial charge in [0.1, 0.15) is 6.04 Å². The van der Waals surface area contributed by atoms with E-state index in [2.05, 4.69) is 68.4 Å². The Morgan fingerprint density at radius 1 is 1.00 bits per heavy atom. The lowest BCUT2D eigenvalue weighted by Crippen LogP contribution is -2.36. The Labute approximate surface area is 181 Å². The molecule has 3 aromatic rings. The first-order valence-electron chi connectivity index (χ1n) is 10.3. The van der Waals surface area contributed by atoms with E-state index in [0.717, 1.165) is 49.1 Å². The van der Waals surface area contributed by atoms with Crippen LogP contribution in [0.5, 0.6) is 0 Å². The standard InChI is InChI=1S/C23H25N5OS/c1-16-5-10-20(25-16)22-21(19-4-2-3-11-24-19)26-23(30)28(22)18-8-6-17(7-9-18)27-12-14-29-15-13-27/h2-11,21-22,25H,12-15H2,1H3,(H,26,30)/t21-,22-/m1/s1. The first kappa shape index (κ1) is 19.1. The SMILES string of the molecule is Cc1ccc([C@@H]2[C@@H](c3ccccn3)NC(=S)N2c2ccc(N3CCOCC3)cc2)[nH]1. The van der Waals surface area contributed by atoms with Gasteiger partial charge in [-0.3, -0.25) is 4.98 Å². The predicted molar refractivity (Wildman–Crippen MR) is 123 cm³/mol. The third-order valence-electron chi connectivity index (χ3n) is 5.78. The van der Waals surface area contributed by atoms with Crippen LogP contribution in [-0.4, -0.2) is 41.4 Å². The van der Waals surface area contributed by atoms with Gasteiger partial charge in [0.2, 0.25) is 0 Å². The van der Waals surface area contributed by atoms with Crippen molar-refractivity contribution in [3.05, 3.63) is 77.9 Å². The van der Waals surface area contributed by atoms with Crippen molar-refractivity contribution in [2.24, 2.45) is 0 Å². The summed E-state index contributed by atoms with van der Waals surface area (Å²) in [6.45, 7) is 5.48. The lowest BCUT2D eigenvalue weighted by Gasteiger charge is -2.30. The number of ether oxygens (including phenoxy) is 1. The minimum absolute atomic E-state index is 0.00432. The Hall–Kier alpha value is -2.90. The average Bonchev–Trinajstić information content (AvgIpc) is 3.38. The van der Waals surface area contributed by atoms with Crippen molar-refractivity contribution in [2.75, 3.05) is 36.1 Å². The number of aryl methyl sites for hydroxylation is 1. The maximum Gasteiger partial charge on any atom is 0.174 e. The van der Waals surface area contributed by atoms with Gasteiger partial charge in [-0.2, -0.15) is 0 Å². The highest BCUT2D eigenvalue weighted by molar-refractivity contribution is 7.80. The Morgan fingerprint density at radius 3 is 2.43 bits per heavy atom. The third-order valence-corrected chi connectivity index (χ3v) is 6.09. The number of thiocarbonyl (C=S) groups is 1. The van der Waals surface area contributed by atoms with Gasteiger partial charge in [-0.05, 0) is 67.7 Å². The summed E-state index contributed by atoms with van der Waals surface area (Å²) in [6, 6.07) is 18.9. The Kier molecular flexibility index (Phi) is 5.14. The second-order valence-electron chi connectivity index (χ2n) is 7.71. The van der Waals surface area contributed by atoms with E-state index in [9.17, 15) is 0 Å². The summed E-state index contributed by atoms with van der Waals surface area (Å²) < 4.78 is 5.47. The number of aromatic nitrogens is 2. The van der Waals surface area contributed by atoms with Crippen molar-refractivity contribution in [1.82, 2.24) is 15.3 Å². The highest BCUT2D eigenvalue weighted by atomic mass is 32.1. The number of nitrogens with zero attached hydrogens (tertiary/aromatic N) is 3. The molecule has 2 aliphatic heterocycles. The summed E-state index contributed by atoms with van der Waals surface area (Å²) in [5, 5.41) is 4.21. The van der Waals surface area contributed by atoms with Crippen LogP contribution in [0, 0.1) is 6.92 Å². The molecule has 2 saturated heterocycles. The molecule has 7 heteroatoms. The fraction of sp³-hybridized carbons (Fsp3) is 0.304. The van der Waals surface area contributed by atoms with E-state index >= 15 is 0 Å². The van der Waals surface area contributed by atoms with Crippen LogP contribution in [0.4, 0.5) is 11.4 Å². The van der Waals surface area contributed by atoms with Crippen molar-refractivity contribution >= 4 is 28.7 Å². The molecule has 0 radical (unpaired) electrons. The van der Waals surface area contributed by atoms with E-state index in [0.29, 0.717) is 5.11 Å². The molecule has 154 valence electrons. The number of hydrogen-bond donors (Lipinski definition) is 2. The van der Waals surface area contributed by atoms with Gasteiger partial charge < -0.3 is 24.8 Å². The lowest BCUT2D eigenvalue weighted by atomic mass is 10.0. The van der Waals surface area contributed by atoms with Crippen molar-refractivity contribution < 1.29 is 4.74 Å². The Balaban J connectivity index is 1.50. The molecule has 0 amide bonds. The largest absolute Gasteiger partial charge is 0.378 e. The van der Waals surface area contributed by atoms with Crippen LogP contribution >= 0.6 is 12.2 Å². The van der Waals surface area contributed by atoms with Crippen LogP contribution < -0.4 is 15.1 Å². The maximum atomic E-state index is 5.79. The second-order valence-corrected chi connectivity index (χ2v) is 8.10. The molecule has 2 N–H and O–H groups in total. The third kappa shape index (κ3) is 3.55. The topological polar surface area (TPSA) is 56.4 Å². The molecule has 0 bridgehead atoms. The molecule has 4 heterocycles. The van der Waals surface area contributed by atoms with Crippen LogP contribution in [0.15, 0.2) is 60.8 Å². The lowest BCUT2D eigenvalue weighted by molar-refractivity contribution is 0.122. The smallest absolute Gasteiger partial charge is 0.174 e. The van der Waals surface area contributed by atoms with E-state index in [4.69, 9.17) is 17.0 Å². The van der Waals surface area contributed by atoms with Gasteiger partial charge in [0.05, 0.1) is 24.9 Å². The van der Waals surface area contributed by atoms with Gasteiger partial charge in [-0.15, -0.1) is 0 Å². The summed E-state index contributed by atoms with van der Waals surface area (Å²) in [4.78, 5) is 12.7. The first-order valence-corrected chi connectivity index (χ1v) is 10.7. The zero-order valence-corrected chi connectivity index (χ0v) is 17.7. The first-order chi connectivity index (χ1) is 14.7. The summed E-state index contributed by atoms with van der Waals surface area (Å²) >= 11 is 5.79.